The third kappa shape index (κ3) is 4.13. The van der Waals surface area contributed by atoms with Gasteiger partial charge in [-0.05, 0) is 37.5 Å². The van der Waals surface area contributed by atoms with Crippen LogP contribution in [0.3, 0.4) is 0 Å². The summed E-state index contributed by atoms with van der Waals surface area (Å²) in [5, 5.41) is 7.11. The van der Waals surface area contributed by atoms with Crippen LogP contribution in [-0.2, 0) is 25.0 Å². The topological polar surface area (TPSA) is 121 Å². The van der Waals surface area contributed by atoms with Gasteiger partial charge in [-0.3, -0.25) is 14.9 Å². The molecule has 0 bridgehead atoms. The lowest BCUT2D eigenvalue weighted by molar-refractivity contribution is -0.123. The zero-order valence-corrected chi connectivity index (χ0v) is 15.9. The highest BCUT2D eigenvalue weighted by atomic mass is 32.2. The van der Waals surface area contributed by atoms with Gasteiger partial charge in [-0.1, -0.05) is 25.0 Å². The highest BCUT2D eigenvalue weighted by molar-refractivity contribution is 7.92. The van der Waals surface area contributed by atoms with Crippen molar-refractivity contribution in [1.82, 2.24) is 10.6 Å². The van der Waals surface area contributed by atoms with Crippen LogP contribution in [0.25, 0.3) is 0 Å². The van der Waals surface area contributed by atoms with Gasteiger partial charge in [0.05, 0.1) is 11.0 Å². The van der Waals surface area contributed by atoms with Crippen molar-refractivity contribution < 1.29 is 22.8 Å². The Morgan fingerprint density at radius 1 is 1.19 bits per heavy atom. The number of nitrogens with one attached hydrogen (secondary N) is 3. The Balaban J connectivity index is 1.57. The summed E-state index contributed by atoms with van der Waals surface area (Å²) in [4.78, 5) is 35.4. The molecule has 3 N–H and O–H groups in total. The molecule has 8 nitrogen and oxygen atoms in total. The summed E-state index contributed by atoms with van der Waals surface area (Å²) in [5.74, 6) is -0.963. The van der Waals surface area contributed by atoms with Gasteiger partial charge in [0.2, 0.25) is 5.91 Å². The largest absolute Gasteiger partial charge is 0.326 e. The van der Waals surface area contributed by atoms with Crippen LogP contribution >= 0.6 is 0 Å². The van der Waals surface area contributed by atoms with Gasteiger partial charge in [0.1, 0.15) is 5.54 Å². The molecule has 1 saturated carbocycles. The quantitative estimate of drug-likeness (QED) is 0.631. The molecule has 9 heteroatoms. The van der Waals surface area contributed by atoms with E-state index in [1.807, 2.05) is 0 Å². The number of carbonyl (C=O) groups excluding carboxylic acids is 3. The van der Waals surface area contributed by atoms with E-state index in [2.05, 4.69) is 16.0 Å². The van der Waals surface area contributed by atoms with Crippen molar-refractivity contribution in [2.75, 3.05) is 11.1 Å². The van der Waals surface area contributed by atoms with Gasteiger partial charge in [-0.2, -0.15) is 0 Å². The zero-order valence-electron chi connectivity index (χ0n) is 15.1. The lowest BCUT2D eigenvalue weighted by atomic mass is 9.92. The van der Waals surface area contributed by atoms with Crippen molar-refractivity contribution in [1.29, 1.82) is 0 Å². The number of benzene rings is 1. The molecule has 0 radical (unpaired) electrons. The number of anilines is 1. The standard InChI is InChI=1S/C18H23N3O5S/c1-18(16(23)20-17(24)21-18)12-6-8-13(9-7-12)19-15(22)10-11-27(25,26)14-4-2-3-5-14/h6-9,14H,2-5,10-11H2,1H3,(H,19,22)(H2,20,21,23,24)/t18-/m0/s1. The first-order chi connectivity index (χ1) is 12.7. The van der Waals surface area contributed by atoms with E-state index in [9.17, 15) is 22.8 Å². The molecule has 0 spiro atoms. The average Bonchev–Trinajstić information content (AvgIpc) is 3.23. The molecule has 1 aliphatic carbocycles. The molecule has 146 valence electrons. The number of carbonyl (C=O) groups is 3. The monoisotopic (exact) mass is 393 g/mol. The van der Waals surface area contributed by atoms with Crippen molar-refractivity contribution in [2.24, 2.45) is 0 Å². The molecule has 2 fully saturated rings. The molecule has 27 heavy (non-hydrogen) atoms. The Morgan fingerprint density at radius 3 is 2.37 bits per heavy atom. The van der Waals surface area contributed by atoms with E-state index >= 15 is 0 Å². The summed E-state index contributed by atoms with van der Waals surface area (Å²) in [6, 6.07) is 5.94. The summed E-state index contributed by atoms with van der Waals surface area (Å²) in [7, 11) is -3.23. The summed E-state index contributed by atoms with van der Waals surface area (Å²) < 4.78 is 24.4. The van der Waals surface area contributed by atoms with Crippen LogP contribution in [0.2, 0.25) is 0 Å². The molecule has 0 aromatic heterocycles. The van der Waals surface area contributed by atoms with Crippen molar-refractivity contribution in [3.63, 3.8) is 0 Å². The minimum atomic E-state index is -3.23. The van der Waals surface area contributed by atoms with Crippen LogP contribution in [0.1, 0.15) is 44.6 Å². The van der Waals surface area contributed by atoms with Gasteiger partial charge in [0, 0.05) is 12.1 Å². The average molecular weight is 393 g/mol. The first-order valence-corrected chi connectivity index (χ1v) is 10.7. The number of hydrogen-bond acceptors (Lipinski definition) is 5. The Bertz CT molecular complexity index is 859. The van der Waals surface area contributed by atoms with E-state index < -0.39 is 27.3 Å². The first-order valence-electron chi connectivity index (χ1n) is 8.96. The molecular formula is C18H23N3O5S. The second kappa shape index (κ2) is 7.30. The van der Waals surface area contributed by atoms with E-state index in [4.69, 9.17) is 0 Å². The fourth-order valence-corrected chi connectivity index (χ4v) is 5.36. The van der Waals surface area contributed by atoms with Gasteiger partial charge in [0.25, 0.3) is 5.91 Å². The normalized spacial score (nSPS) is 23.1. The van der Waals surface area contributed by atoms with Crippen LogP contribution in [0.4, 0.5) is 10.5 Å². The SMILES string of the molecule is C[C@@]1(c2ccc(NC(=O)CCS(=O)(=O)C3CCCC3)cc2)NC(=O)NC1=O. The second-order valence-electron chi connectivity index (χ2n) is 7.18. The van der Waals surface area contributed by atoms with E-state index in [0.29, 0.717) is 24.1 Å². The van der Waals surface area contributed by atoms with E-state index in [1.165, 1.54) is 0 Å². The summed E-state index contributed by atoms with van der Waals surface area (Å²) in [6.45, 7) is 1.59. The van der Waals surface area contributed by atoms with Crippen LogP contribution in [0, 0.1) is 0 Å². The summed E-state index contributed by atoms with van der Waals surface area (Å²) in [6.07, 6.45) is 3.15. The van der Waals surface area contributed by atoms with Crippen molar-refractivity contribution in [3.8, 4) is 0 Å². The molecule has 0 unspecified atom stereocenters. The Kier molecular flexibility index (Phi) is 5.23. The van der Waals surface area contributed by atoms with Gasteiger partial charge >= 0.3 is 6.03 Å². The number of rotatable bonds is 6. The third-order valence-corrected chi connectivity index (χ3v) is 7.47. The maximum Gasteiger partial charge on any atom is 0.322 e. The van der Waals surface area contributed by atoms with E-state index in [1.54, 1.807) is 31.2 Å². The molecule has 1 aliphatic heterocycles. The van der Waals surface area contributed by atoms with Gasteiger partial charge in [0.15, 0.2) is 9.84 Å². The number of sulfone groups is 1. The summed E-state index contributed by atoms with van der Waals surface area (Å²) >= 11 is 0. The molecule has 1 aromatic rings. The van der Waals surface area contributed by atoms with Crippen LogP contribution in [-0.4, -0.2) is 37.3 Å². The fourth-order valence-electron chi connectivity index (χ4n) is 3.51. The summed E-state index contributed by atoms with van der Waals surface area (Å²) in [5.41, 5.74) is -0.0855. The molecule has 2 aliphatic rings. The molecule has 1 saturated heterocycles. The predicted molar refractivity (Wildman–Crippen MR) is 99.8 cm³/mol. The van der Waals surface area contributed by atoms with E-state index in [0.717, 1.165) is 12.8 Å². The van der Waals surface area contributed by atoms with Crippen molar-refractivity contribution >= 4 is 33.4 Å². The van der Waals surface area contributed by atoms with Gasteiger partial charge in [-0.25, -0.2) is 13.2 Å². The van der Waals surface area contributed by atoms with Crippen LogP contribution < -0.4 is 16.0 Å². The third-order valence-electron chi connectivity index (χ3n) is 5.21. The number of hydrogen-bond donors (Lipinski definition) is 3. The van der Waals surface area contributed by atoms with E-state index in [-0.39, 0.29) is 23.3 Å². The van der Waals surface area contributed by atoms with Gasteiger partial charge < -0.3 is 10.6 Å². The molecular weight excluding hydrogens is 370 g/mol. The maximum absolute atomic E-state index is 12.2. The molecule has 3 rings (SSSR count). The zero-order chi connectivity index (χ0) is 19.7. The number of imide groups is 1. The number of urea groups is 1. The molecule has 4 amide bonds. The smallest absolute Gasteiger partial charge is 0.322 e. The molecule has 1 atom stereocenters. The molecule has 1 aromatic carbocycles. The Hall–Kier alpha value is -2.42. The highest BCUT2D eigenvalue weighted by Gasteiger charge is 2.43. The molecule has 1 heterocycles. The highest BCUT2D eigenvalue weighted by Crippen LogP contribution is 2.27. The lowest BCUT2D eigenvalue weighted by Crippen LogP contribution is -2.40. The van der Waals surface area contributed by atoms with Crippen molar-refractivity contribution in [2.45, 2.75) is 49.8 Å². The minimum Gasteiger partial charge on any atom is -0.326 e. The number of amides is 4. The lowest BCUT2D eigenvalue weighted by Gasteiger charge is -2.21. The predicted octanol–water partition coefficient (Wildman–Crippen LogP) is 1.43. The fraction of sp³-hybridized carbons (Fsp3) is 0.500. The van der Waals surface area contributed by atoms with Crippen molar-refractivity contribution in [3.05, 3.63) is 29.8 Å². The maximum atomic E-state index is 12.2. The minimum absolute atomic E-state index is 0.0865. The van der Waals surface area contributed by atoms with Crippen LogP contribution in [0.5, 0.6) is 0 Å². The Morgan fingerprint density at radius 2 is 1.81 bits per heavy atom. The second-order valence-corrected chi connectivity index (χ2v) is 9.58. The van der Waals surface area contributed by atoms with Crippen LogP contribution in [0.15, 0.2) is 24.3 Å². The van der Waals surface area contributed by atoms with Gasteiger partial charge in [-0.15, -0.1) is 0 Å². The first kappa shape index (κ1) is 19.3. The Labute approximate surface area is 158 Å².